The molecule has 10 nitrogen and oxygen atoms in total. The Bertz CT molecular complexity index is 2460. The third-order valence-electron chi connectivity index (χ3n) is 10.5. The lowest BCUT2D eigenvalue weighted by atomic mass is 9.94. The van der Waals surface area contributed by atoms with Crippen LogP contribution in [0.4, 0.5) is 22.7 Å². The number of aliphatic imine (C=N–C) groups is 4. The van der Waals surface area contributed by atoms with E-state index in [4.69, 9.17) is 20.0 Å². The Labute approximate surface area is 314 Å². The van der Waals surface area contributed by atoms with Gasteiger partial charge < -0.3 is 19.6 Å². The summed E-state index contributed by atoms with van der Waals surface area (Å²) in [5.41, 5.74) is 11.4. The van der Waals surface area contributed by atoms with E-state index in [0.717, 1.165) is 61.1 Å². The van der Waals surface area contributed by atoms with Crippen LogP contribution in [0.15, 0.2) is 116 Å². The van der Waals surface area contributed by atoms with Crippen LogP contribution in [0.5, 0.6) is 0 Å². The first kappa shape index (κ1) is 33.1. The number of guanidine groups is 1. The van der Waals surface area contributed by atoms with Gasteiger partial charge in [-0.2, -0.15) is 15.0 Å². The molecule has 1 aliphatic carbocycles. The Kier molecular flexibility index (Phi) is 7.56. The van der Waals surface area contributed by atoms with Crippen molar-refractivity contribution in [1.82, 2.24) is 9.47 Å². The van der Waals surface area contributed by atoms with Gasteiger partial charge in [0.2, 0.25) is 11.9 Å². The second-order valence-corrected chi connectivity index (χ2v) is 15.5. The molecule has 9 rings (SSSR count). The van der Waals surface area contributed by atoms with Gasteiger partial charge in [0.15, 0.2) is 0 Å². The first-order valence-corrected chi connectivity index (χ1v) is 18.9. The Morgan fingerprint density at radius 2 is 1.06 bits per heavy atom. The van der Waals surface area contributed by atoms with Crippen molar-refractivity contribution in [3.05, 3.63) is 107 Å². The minimum atomic E-state index is -0.182. The van der Waals surface area contributed by atoms with Crippen molar-refractivity contribution < 1.29 is 0 Å². The first-order valence-electron chi connectivity index (χ1n) is 17.7. The van der Waals surface area contributed by atoms with Crippen molar-refractivity contribution in [2.45, 2.75) is 5.92 Å². The van der Waals surface area contributed by atoms with Crippen LogP contribution >= 0.6 is 11.8 Å². The molecular weight excluding hydrogens is 677 g/mol. The fourth-order valence-electron chi connectivity index (χ4n) is 7.68. The zero-order valence-electron chi connectivity index (χ0n) is 31.5. The SMILES string of the molecule is CSC1=CC2=NC(C3c4cc(N(C)C)ccc4-c4ccc(N(C)C)cc43)=NC3=NC(n4c5cc(N(C)C)ccc5c5ccc(N(C)C)cc54)=NC(=C1)N23. The average molecular weight is 719 g/mol. The highest BCUT2D eigenvalue weighted by Gasteiger charge is 2.39. The molecule has 0 unspecified atom stereocenters. The fraction of sp³-hybridized carbons (Fsp3) is 0.238. The molecule has 53 heavy (non-hydrogen) atoms. The van der Waals surface area contributed by atoms with Crippen molar-refractivity contribution in [3.8, 4) is 11.1 Å². The summed E-state index contributed by atoms with van der Waals surface area (Å²) in [5.74, 6) is 3.18. The molecule has 4 aromatic carbocycles. The number of hydrogen-bond donors (Lipinski definition) is 0. The minimum Gasteiger partial charge on any atom is -0.378 e. The largest absolute Gasteiger partial charge is 0.378 e. The van der Waals surface area contributed by atoms with E-state index >= 15 is 0 Å². The Balaban J connectivity index is 1.29. The molecule has 11 heteroatoms. The van der Waals surface area contributed by atoms with Crippen LogP contribution in [0.2, 0.25) is 0 Å². The summed E-state index contributed by atoms with van der Waals surface area (Å²) in [6.45, 7) is 0. The van der Waals surface area contributed by atoms with Gasteiger partial charge in [0.25, 0.3) is 0 Å². The van der Waals surface area contributed by atoms with E-state index in [1.54, 1.807) is 11.8 Å². The maximum absolute atomic E-state index is 5.37. The molecule has 4 aliphatic rings. The topological polar surface area (TPSA) is 70.6 Å². The predicted octanol–water partition coefficient (Wildman–Crippen LogP) is 7.66. The third-order valence-corrected chi connectivity index (χ3v) is 11.2. The summed E-state index contributed by atoms with van der Waals surface area (Å²) in [4.78, 5) is 32.9. The summed E-state index contributed by atoms with van der Waals surface area (Å²) in [6.07, 6.45) is 6.32. The maximum atomic E-state index is 5.37. The molecule has 0 N–H and O–H groups in total. The van der Waals surface area contributed by atoms with Crippen LogP contribution in [-0.4, -0.2) is 95.7 Å². The number of thioether (sulfide) groups is 1. The highest BCUT2D eigenvalue weighted by Crippen LogP contribution is 2.49. The maximum Gasteiger partial charge on any atom is 0.242 e. The van der Waals surface area contributed by atoms with Crippen molar-refractivity contribution in [2.75, 3.05) is 82.2 Å². The molecule has 5 aromatic rings. The summed E-state index contributed by atoms with van der Waals surface area (Å²) in [7, 11) is 16.6. The Hall–Kier alpha value is -5.81. The lowest BCUT2D eigenvalue weighted by molar-refractivity contribution is 0.703. The molecule has 266 valence electrons. The van der Waals surface area contributed by atoms with Crippen LogP contribution in [0.1, 0.15) is 17.0 Å². The number of hydrogen-bond acceptors (Lipinski definition) is 10. The van der Waals surface area contributed by atoms with Gasteiger partial charge in [-0.1, -0.05) is 24.3 Å². The third kappa shape index (κ3) is 5.16. The number of amidine groups is 2. The van der Waals surface area contributed by atoms with Gasteiger partial charge in [-0.25, -0.2) is 9.89 Å². The smallest absolute Gasteiger partial charge is 0.242 e. The normalized spacial score (nSPS) is 15.9. The lowest BCUT2D eigenvalue weighted by Crippen LogP contribution is -2.43. The van der Waals surface area contributed by atoms with E-state index in [9.17, 15) is 0 Å². The molecule has 1 aromatic heterocycles. The van der Waals surface area contributed by atoms with E-state index in [1.807, 2.05) is 4.90 Å². The highest BCUT2D eigenvalue weighted by atomic mass is 32.2. The number of benzene rings is 4. The van der Waals surface area contributed by atoms with Crippen molar-refractivity contribution in [3.63, 3.8) is 0 Å². The molecular formula is C42H42N10S. The van der Waals surface area contributed by atoms with E-state index in [-0.39, 0.29) is 5.92 Å². The quantitative estimate of drug-likeness (QED) is 0.180. The number of nitrogens with zero attached hydrogens (tertiary/aromatic N) is 10. The second-order valence-electron chi connectivity index (χ2n) is 14.6. The molecule has 0 amide bonds. The fourth-order valence-corrected chi connectivity index (χ4v) is 8.13. The summed E-state index contributed by atoms with van der Waals surface area (Å²) in [6, 6.07) is 26.6. The summed E-state index contributed by atoms with van der Waals surface area (Å²) < 4.78 is 2.19. The summed E-state index contributed by atoms with van der Waals surface area (Å²) in [5, 5.41) is 2.29. The van der Waals surface area contributed by atoms with Crippen molar-refractivity contribution in [2.24, 2.45) is 20.0 Å². The van der Waals surface area contributed by atoms with Gasteiger partial charge in [0.1, 0.15) is 17.5 Å². The molecule has 0 bridgehead atoms. The van der Waals surface area contributed by atoms with Crippen LogP contribution < -0.4 is 19.6 Å². The average Bonchev–Trinajstić information content (AvgIpc) is 3.65. The monoisotopic (exact) mass is 718 g/mol. The van der Waals surface area contributed by atoms with E-state index in [0.29, 0.717) is 17.8 Å². The van der Waals surface area contributed by atoms with Gasteiger partial charge in [0.05, 0.1) is 17.0 Å². The number of anilines is 4. The summed E-state index contributed by atoms with van der Waals surface area (Å²) >= 11 is 1.68. The minimum absolute atomic E-state index is 0.182. The van der Waals surface area contributed by atoms with E-state index < -0.39 is 0 Å². The Morgan fingerprint density at radius 3 is 1.57 bits per heavy atom. The number of allylic oxidation sites excluding steroid dienone is 1. The number of rotatable bonds is 6. The Morgan fingerprint density at radius 1 is 0.547 bits per heavy atom. The molecule has 0 atom stereocenters. The number of fused-ring (bicyclic) bond motifs is 6. The van der Waals surface area contributed by atoms with Gasteiger partial charge in [-0.05, 0) is 89.2 Å². The molecule has 0 radical (unpaired) electrons. The van der Waals surface area contributed by atoms with Crippen LogP contribution in [0, 0.1) is 0 Å². The van der Waals surface area contributed by atoms with Crippen molar-refractivity contribution in [1.29, 1.82) is 0 Å². The molecule has 4 heterocycles. The zero-order chi connectivity index (χ0) is 36.9. The molecule has 0 saturated heterocycles. The zero-order valence-corrected chi connectivity index (χ0v) is 32.4. The van der Waals surface area contributed by atoms with Crippen LogP contribution in [-0.2, 0) is 0 Å². The van der Waals surface area contributed by atoms with Gasteiger partial charge in [-0.15, -0.1) is 11.8 Å². The molecule has 0 fully saturated rings. The van der Waals surface area contributed by atoms with E-state index in [1.165, 1.54) is 22.3 Å². The van der Waals surface area contributed by atoms with Gasteiger partial charge in [0, 0.05) is 94.8 Å². The van der Waals surface area contributed by atoms with Gasteiger partial charge >= 0.3 is 0 Å². The molecule has 0 spiro atoms. The molecule has 0 saturated carbocycles. The van der Waals surface area contributed by atoms with Gasteiger partial charge in [-0.3, -0.25) is 4.57 Å². The lowest BCUT2D eigenvalue weighted by Gasteiger charge is -2.33. The van der Waals surface area contributed by atoms with Crippen molar-refractivity contribution >= 4 is 79.9 Å². The standard InChI is InChI=1S/C42H42N10S/c1-47(2)24-10-14-29-30-15-11-25(48(3)4)19-34(30)39(33(29)18-24)40-43-37-22-28(53-9)23-38-44-41(46-42(45-40)52(37)38)51-35-20-26(49(5)6)12-16-31(35)32-17-13-27(50(7)8)21-36(32)51/h10-23,39H,1-9H3. The van der Waals surface area contributed by atoms with E-state index in [2.05, 4.69) is 172 Å². The number of aromatic nitrogens is 1. The second kappa shape index (κ2) is 12.1. The first-order chi connectivity index (χ1) is 25.5. The predicted molar refractivity (Wildman–Crippen MR) is 227 cm³/mol. The van der Waals surface area contributed by atoms with Crippen LogP contribution in [0.3, 0.4) is 0 Å². The van der Waals surface area contributed by atoms with Crippen LogP contribution in [0.25, 0.3) is 32.9 Å². The highest BCUT2D eigenvalue weighted by molar-refractivity contribution is 8.02. The molecule has 3 aliphatic heterocycles.